The number of nitrogens with zero attached hydrogens (tertiary/aromatic N) is 2. The number of amides is 1. The van der Waals surface area contributed by atoms with Crippen LogP contribution in [0.15, 0.2) is 18.2 Å². The number of benzene rings is 1. The highest BCUT2D eigenvalue weighted by atomic mass is 16.6. The van der Waals surface area contributed by atoms with Crippen LogP contribution in [-0.4, -0.2) is 49.3 Å². The lowest BCUT2D eigenvalue weighted by atomic mass is 10.1. The molecule has 2 saturated heterocycles. The van der Waals surface area contributed by atoms with Gasteiger partial charge in [0.05, 0.1) is 17.0 Å². The summed E-state index contributed by atoms with van der Waals surface area (Å²) in [7, 11) is 0. The number of rotatable bonds is 5. The van der Waals surface area contributed by atoms with Gasteiger partial charge in [-0.25, -0.2) is 9.59 Å². The number of esters is 1. The van der Waals surface area contributed by atoms with Crippen molar-refractivity contribution >= 4 is 23.4 Å². The van der Waals surface area contributed by atoms with Gasteiger partial charge in [0.2, 0.25) is 0 Å². The molecule has 2 heterocycles. The van der Waals surface area contributed by atoms with Crippen molar-refractivity contribution in [2.75, 3.05) is 31.1 Å². The fourth-order valence-corrected chi connectivity index (χ4v) is 2.80. The second-order valence-corrected chi connectivity index (χ2v) is 5.66. The van der Waals surface area contributed by atoms with Crippen LogP contribution in [-0.2, 0) is 9.47 Å². The van der Waals surface area contributed by atoms with E-state index in [9.17, 15) is 19.7 Å². The van der Waals surface area contributed by atoms with E-state index in [-0.39, 0.29) is 24.4 Å². The molecule has 24 heavy (non-hydrogen) atoms. The van der Waals surface area contributed by atoms with E-state index in [0.29, 0.717) is 5.69 Å². The molecule has 2 aliphatic heterocycles. The van der Waals surface area contributed by atoms with Crippen molar-refractivity contribution < 1.29 is 24.0 Å². The number of nitro benzene ring substituents is 1. The molecule has 2 aliphatic rings. The second-order valence-electron chi connectivity index (χ2n) is 5.66. The number of nitro groups is 1. The zero-order valence-electron chi connectivity index (χ0n) is 12.9. The van der Waals surface area contributed by atoms with Gasteiger partial charge in [-0.3, -0.25) is 10.1 Å². The molecule has 1 aromatic carbocycles. The van der Waals surface area contributed by atoms with Crippen LogP contribution in [0.2, 0.25) is 0 Å². The van der Waals surface area contributed by atoms with Gasteiger partial charge >= 0.3 is 12.1 Å². The first kappa shape index (κ1) is 16.0. The number of carbonyl (C=O) groups excluding carboxylic acids is 2. The SMILES string of the molecule is O=C1NC[C@H](COC(=O)c2ccc(N3CCCC3)c([N+](=O)[O-])c2)O1. The fourth-order valence-electron chi connectivity index (χ4n) is 2.80. The summed E-state index contributed by atoms with van der Waals surface area (Å²) in [6.07, 6.45) is 0.895. The molecule has 0 saturated carbocycles. The third-order valence-corrected chi connectivity index (χ3v) is 4.00. The number of nitrogens with one attached hydrogen (secondary N) is 1. The molecule has 2 fully saturated rings. The van der Waals surface area contributed by atoms with Gasteiger partial charge in [0, 0.05) is 19.2 Å². The highest BCUT2D eigenvalue weighted by molar-refractivity contribution is 5.91. The summed E-state index contributed by atoms with van der Waals surface area (Å²) in [5, 5.41) is 13.8. The van der Waals surface area contributed by atoms with Crippen LogP contribution in [0.1, 0.15) is 23.2 Å². The van der Waals surface area contributed by atoms with Crippen LogP contribution < -0.4 is 10.2 Å². The van der Waals surface area contributed by atoms with Gasteiger partial charge in [-0.05, 0) is 25.0 Å². The molecule has 0 aromatic heterocycles. The van der Waals surface area contributed by atoms with Crippen molar-refractivity contribution in [3.63, 3.8) is 0 Å². The monoisotopic (exact) mass is 335 g/mol. The van der Waals surface area contributed by atoms with Crippen LogP contribution in [0.25, 0.3) is 0 Å². The van der Waals surface area contributed by atoms with Crippen LogP contribution in [0.4, 0.5) is 16.2 Å². The van der Waals surface area contributed by atoms with E-state index >= 15 is 0 Å². The summed E-state index contributed by atoms with van der Waals surface area (Å²) < 4.78 is 9.92. The number of alkyl carbamates (subject to hydrolysis) is 1. The van der Waals surface area contributed by atoms with Crippen molar-refractivity contribution in [1.29, 1.82) is 0 Å². The minimum atomic E-state index is -0.686. The summed E-state index contributed by atoms with van der Waals surface area (Å²) in [6.45, 7) is 1.70. The first-order valence-electron chi connectivity index (χ1n) is 7.69. The van der Waals surface area contributed by atoms with E-state index in [0.717, 1.165) is 25.9 Å². The maximum absolute atomic E-state index is 12.1. The van der Waals surface area contributed by atoms with Gasteiger partial charge in [0.1, 0.15) is 12.3 Å². The summed E-state index contributed by atoms with van der Waals surface area (Å²) in [5.41, 5.74) is 0.505. The van der Waals surface area contributed by atoms with Crippen LogP contribution in [0.3, 0.4) is 0 Å². The molecule has 128 valence electrons. The maximum atomic E-state index is 12.1. The average molecular weight is 335 g/mol. The van der Waals surface area contributed by atoms with Crippen LogP contribution in [0, 0.1) is 10.1 Å². The molecular weight excluding hydrogens is 318 g/mol. The number of ether oxygens (including phenoxy) is 2. The van der Waals surface area contributed by atoms with Crippen LogP contribution >= 0.6 is 0 Å². The molecule has 0 aliphatic carbocycles. The Kier molecular flexibility index (Phi) is 4.50. The lowest BCUT2D eigenvalue weighted by molar-refractivity contribution is -0.384. The maximum Gasteiger partial charge on any atom is 0.407 e. The van der Waals surface area contributed by atoms with E-state index in [1.807, 2.05) is 4.90 Å². The third kappa shape index (κ3) is 3.39. The molecule has 1 N–H and O–H groups in total. The largest absolute Gasteiger partial charge is 0.458 e. The first-order chi connectivity index (χ1) is 11.5. The van der Waals surface area contributed by atoms with Crippen molar-refractivity contribution in [2.24, 2.45) is 0 Å². The fraction of sp³-hybridized carbons (Fsp3) is 0.467. The molecule has 1 amide bonds. The first-order valence-corrected chi connectivity index (χ1v) is 7.69. The number of hydrogen-bond donors (Lipinski definition) is 1. The van der Waals surface area contributed by atoms with Crippen molar-refractivity contribution in [2.45, 2.75) is 18.9 Å². The highest BCUT2D eigenvalue weighted by Crippen LogP contribution is 2.31. The molecule has 0 unspecified atom stereocenters. The van der Waals surface area contributed by atoms with E-state index in [1.54, 1.807) is 6.07 Å². The molecule has 1 atom stereocenters. The Morgan fingerprint density at radius 3 is 2.79 bits per heavy atom. The second kappa shape index (κ2) is 6.73. The zero-order chi connectivity index (χ0) is 17.1. The summed E-state index contributed by atoms with van der Waals surface area (Å²) in [5.74, 6) is -0.686. The zero-order valence-corrected chi connectivity index (χ0v) is 12.9. The Hall–Kier alpha value is -2.84. The molecule has 0 bridgehead atoms. The van der Waals surface area contributed by atoms with Crippen LogP contribution in [0.5, 0.6) is 0 Å². The lowest BCUT2D eigenvalue weighted by Crippen LogP contribution is -2.23. The molecular formula is C15H17N3O6. The summed E-state index contributed by atoms with van der Waals surface area (Å²) in [6, 6.07) is 4.33. The number of hydrogen-bond acceptors (Lipinski definition) is 7. The van der Waals surface area contributed by atoms with E-state index in [4.69, 9.17) is 9.47 Å². The van der Waals surface area contributed by atoms with E-state index in [1.165, 1.54) is 12.1 Å². The van der Waals surface area contributed by atoms with Crippen molar-refractivity contribution in [3.8, 4) is 0 Å². The summed E-state index contributed by atoms with van der Waals surface area (Å²) in [4.78, 5) is 35.7. The van der Waals surface area contributed by atoms with Gasteiger partial charge in [-0.2, -0.15) is 0 Å². The molecule has 9 nitrogen and oxygen atoms in total. The third-order valence-electron chi connectivity index (χ3n) is 4.00. The Bertz CT molecular complexity index is 671. The average Bonchev–Trinajstić information content (AvgIpc) is 3.23. The Morgan fingerprint density at radius 2 is 2.17 bits per heavy atom. The minimum absolute atomic E-state index is 0.0980. The van der Waals surface area contributed by atoms with Gasteiger partial charge in [-0.15, -0.1) is 0 Å². The normalized spacial score (nSPS) is 19.8. The minimum Gasteiger partial charge on any atom is -0.458 e. The predicted octanol–water partition coefficient (Wildman–Crippen LogP) is 1.46. The number of cyclic esters (lactones) is 1. The van der Waals surface area contributed by atoms with E-state index in [2.05, 4.69) is 5.32 Å². The molecule has 1 aromatic rings. The molecule has 9 heteroatoms. The van der Waals surface area contributed by atoms with Gasteiger partial charge < -0.3 is 19.7 Å². The predicted molar refractivity (Wildman–Crippen MR) is 83.1 cm³/mol. The lowest BCUT2D eigenvalue weighted by Gasteiger charge is -2.17. The number of anilines is 1. The van der Waals surface area contributed by atoms with Crippen molar-refractivity contribution in [1.82, 2.24) is 5.32 Å². The molecule has 3 rings (SSSR count). The topological polar surface area (TPSA) is 111 Å². The quantitative estimate of drug-likeness (QED) is 0.492. The van der Waals surface area contributed by atoms with Gasteiger partial charge in [0.15, 0.2) is 6.10 Å². The Labute approximate surface area is 137 Å². The Morgan fingerprint density at radius 1 is 1.42 bits per heavy atom. The van der Waals surface area contributed by atoms with Crippen molar-refractivity contribution in [3.05, 3.63) is 33.9 Å². The standard InChI is InChI=1S/C15H17N3O6/c19-14(23-9-11-8-16-15(20)24-11)10-3-4-12(13(7-10)18(21)22)17-5-1-2-6-17/h3-4,7,11H,1-2,5-6,8-9H2,(H,16,20)/t11-/m1/s1. The highest BCUT2D eigenvalue weighted by Gasteiger charge is 2.26. The smallest absolute Gasteiger partial charge is 0.407 e. The number of carbonyl (C=O) groups is 2. The van der Waals surface area contributed by atoms with Gasteiger partial charge in [0.25, 0.3) is 5.69 Å². The van der Waals surface area contributed by atoms with Gasteiger partial charge in [-0.1, -0.05) is 0 Å². The Balaban J connectivity index is 1.70. The molecule has 0 radical (unpaired) electrons. The molecule has 0 spiro atoms. The van der Waals surface area contributed by atoms with E-state index < -0.39 is 23.1 Å². The summed E-state index contributed by atoms with van der Waals surface area (Å²) >= 11 is 0.